The second-order valence-corrected chi connectivity index (χ2v) is 4.92. The summed E-state index contributed by atoms with van der Waals surface area (Å²) in [5, 5.41) is 18.8. The van der Waals surface area contributed by atoms with Crippen LogP contribution in [0.5, 0.6) is 5.75 Å². The van der Waals surface area contributed by atoms with E-state index in [1.807, 2.05) is 0 Å². The van der Waals surface area contributed by atoms with Crippen molar-refractivity contribution in [3.63, 3.8) is 0 Å². The molecule has 0 fully saturated rings. The zero-order valence-corrected chi connectivity index (χ0v) is 11.0. The number of rotatable bonds is 1. The fraction of sp³-hybridized carbons (Fsp3) is 0.250. The van der Waals surface area contributed by atoms with Crippen LogP contribution in [0.25, 0.3) is 11.4 Å². The van der Waals surface area contributed by atoms with Gasteiger partial charge in [-0.15, -0.1) is 0 Å². The molecule has 2 aromatic rings. The number of alkyl halides is 6. The maximum absolute atomic E-state index is 14.3. The molecule has 12 heteroatoms. The molecule has 0 radical (unpaired) electrons. The Kier molecular flexibility index (Phi) is 2.93. The van der Waals surface area contributed by atoms with Gasteiger partial charge in [0, 0.05) is 6.20 Å². The zero-order chi connectivity index (χ0) is 18.2. The third-order valence-corrected chi connectivity index (χ3v) is 3.62. The number of aromatic nitrogens is 2. The van der Waals surface area contributed by atoms with Crippen molar-refractivity contribution >= 4 is 0 Å². The lowest BCUT2D eigenvalue weighted by Crippen LogP contribution is -2.43. The predicted molar refractivity (Wildman–Crippen MR) is 59.2 cm³/mol. The molecular formula is C12H4F8N2O2. The topological polar surface area (TPSA) is 58.3 Å². The Hall–Kier alpha value is -2.53. The lowest BCUT2D eigenvalue weighted by Gasteiger charge is -2.23. The number of fused-ring (bicyclic) bond motifs is 1. The summed E-state index contributed by atoms with van der Waals surface area (Å²) in [5.74, 6) is -25.7. The van der Waals surface area contributed by atoms with Crippen LogP contribution in [0, 0.1) is 11.6 Å². The number of benzene rings is 1. The number of hydrogen-bond acceptors (Lipinski definition) is 3. The van der Waals surface area contributed by atoms with E-state index in [1.165, 1.54) is 0 Å². The van der Waals surface area contributed by atoms with Gasteiger partial charge in [0.2, 0.25) is 0 Å². The maximum atomic E-state index is 14.3. The lowest BCUT2D eigenvalue weighted by molar-refractivity contribution is -0.303. The molecule has 3 rings (SSSR count). The highest BCUT2D eigenvalue weighted by molar-refractivity contribution is 5.70. The van der Waals surface area contributed by atoms with Crippen molar-refractivity contribution in [1.29, 1.82) is 0 Å². The standard InChI is InChI=1S/C12H4F8N2O2/c13-6-3(9-21-1-2-22(9)24)8(23)7(14)5-4(6)10(15,16)12(19,20)11(5,17)18/h1-2,23-24H. The quantitative estimate of drug-likeness (QED) is 0.604. The van der Waals surface area contributed by atoms with Gasteiger partial charge in [0.15, 0.2) is 17.4 Å². The predicted octanol–water partition coefficient (Wildman–Crippen LogP) is 3.60. The molecule has 24 heavy (non-hydrogen) atoms. The van der Waals surface area contributed by atoms with Gasteiger partial charge < -0.3 is 10.3 Å². The van der Waals surface area contributed by atoms with Gasteiger partial charge in [0.05, 0.1) is 17.3 Å². The second-order valence-electron chi connectivity index (χ2n) is 4.92. The summed E-state index contributed by atoms with van der Waals surface area (Å²) >= 11 is 0. The maximum Gasteiger partial charge on any atom is 0.380 e. The fourth-order valence-electron chi connectivity index (χ4n) is 2.46. The first-order valence-corrected chi connectivity index (χ1v) is 5.98. The van der Waals surface area contributed by atoms with Gasteiger partial charge in [-0.1, -0.05) is 0 Å². The number of hydrogen-bond donors (Lipinski definition) is 2. The summed E-state index contributed by atoms with van der Waals surface area (Å²) in [5.41, 5.74) is -6.81. The van der Waals surface area contributed by atoms with Crippen LogP contribution in [-0.2, 0) is 11.8 Å². The van der Waals surface area contributed by atoms with Crippen LogP contribution in [0.3, 0.4) is 0 Å². The molecule has 1 aliphatic rings. The first-order chi connectivity index (χ1) is 10.9. The molecule has 1 aromatic heterocycles. The zero-order valence-electron chi connectivity index (χ0n) is 11.0. The van der Waals surface area contributed by atoms with Crippen LogP contribution >= 0.6 is 0 Å². The first kappa shape index (κ1) is 16.3. The normalized spacial score (nSPS) is 20.2. The summed E-state index contributed by atoms with van der Waals surface area (Å²) < 4.78 is 109. The molecular weight excluding hydrogens is 356 g/mol. The Balaban J connectivity index is 2.49. The Morgan fingerprint density at radius 1 is 0.917 bits per heavy atom. The SMILES string of the molecule is Oc1c(F)c2c(c(F)c1-c1nccn1O)C(F)(F)C(F)(F)C2(F)F. The average molecular weight is 360 g/mol. The van der Waals surface area contributed by atoms with Crippen LogP contribution < -0.4 is 0 Å². The summed E-state index contributed by atoms with van der Waals surface area (Å²) in [7, 11) is 0. The average Bonchev–Trinajstić information content (AvgIpc) is 2.91. The number of imidazole rings is 1. The monoisotopic (exact) mass is 360 g/mol. The molecule has 0 spiro atoms. The minimum Gasteiger partial charge on any atom is -0.504 e. The van der Waals surface area contributed by atoms with Gasteiger partial charge in [-0.05, 0) is 0 Å². The largest absolute Gasteiger partial charge is 0.504 e. The Bertz CT molecular complexity index is 861. The summed E-state index contributed by atoms with van der Waals surface area (Å²) in [6.07, 6.45) is 1.47. The highest BCUT2D eigenvalue weighted by Gasteiger charge is 2.81. The van der Waals surface area contributed by atoms with Crippen molar-refractivity contribution in [2.45, 2.75) is 17.8 Å². The van der Waals surface area contributed by atoms with Gasteiger partial charge in [-0.3, -0.25) is 0 Å². The van der Waals surface area contributed by atoms with E-state index in [-0.39, 0.29) is 4.73 Å². The van der Waals surface area contributed by atoms with E-state index in [9.17, 15) is 45.4 Å². The minimum atomic E-state index is -6.14. The second kappa shape index (κ2) is 4.30. The van der Waals surface area contributed by atoms with Gasteiger partial charge in [-0.25, -0.2) is 13.8 Å². The number of phenols is 1. The van der Waals surface area contributed by atoms with Crippen molar-refractivity contribution < 1.29 is 45.4 Å². The van der Waals surface area contributed by atoms with E-state index in [0.717, 1.165) is 6.20 Å². The van der Waals surface area contributed by atoms with Crippen molar-refractivity contribution in [3.05, 3.63) is 35.2 Å². The third-order valence-electron chi connectivity index (χ3n) is 3.62. The van der Waals surface area contributed by atoms with Crippen LogP contribution in [0.15, 0.2) is 12.4 Å². The molecule has 4 nitrogen and oxygen atoms in total. The molecule has 2 N–H and O–H groups in total. The van der Waals surface area contributed by atoms with Gasteiger partial charge in [0.25, 0.3) is 0 Å². The van der Waals surface area contributed by atoms with E-state index in [4.69, 9.17) is 0 Å². The molecule has 0 unspecified atom stereocenters. The lowest BCUT2D eigenvalue weighted by atomic mass is 10.0. The van der Waals surface area contributed by atoms with Crippen molar-refractivity contribution in [1.82, 2.24) is 9.71 Å². The van der Waals surface area contributed by atoms with E-state index in [0.29, 0.717) is 6.20 Å². The number of halogens is 8. The molecule has 0 saturated carbocycles. The number of aromatic hydroxyl groups is 1. The smallest absolute Gasteiger partial charge is 0.380 e. The Morgan fingerprint density at radius 3 is 1.88 bits per heavy atom. The highest BCUT2D eigenvalue weighted by atomic mass is 19.3. The molecule has 0 saturated heterocycles. The van der Waals surface area contributed by atoms with Crippen LogP contribution in [0.4, 0.5) is 35.1 Å². The third kappa shape index (κ3) is 1.55. The summed E-state index contributed by atoms with van der Waals surface area (Å²) in [4.78, 5) is 3.22. The first-order valence-electron chi connectivity index (χ1n) is 5.98. The van der Waals surface area contributed by atoms with Crippen LogP contribution in [0.1, 0.15) is 11.1 Å². The van der Waals surface area contributed by atoms with Crippen molar-refractivity contribution in [2.24, 2.45) is 0 Å². The van der Waals surface area contributed by atoms with Crippen molar-refractivity contribution in [3.8, 4) is 17.1 Å². The number of phenolic OH excluding ortho intramolecular Hbond substituents is 1. The van der Waals surface area contributed by atoms with Crippen molar-refractivity contribution in [2.75, 3.05) is 0 Å². The van der Waals surface area contributed by atoms with Crippen LogP contribution in [-0.4, -0.2) is 26.0 Å². The molecule has 130 valence electrons. The van der Waals surface area contributed by atoms with Gasteiger partial charge >= 0.3 is 17.8 Å². The fourth-order valence-corrected chi connectivity index (χ4v) is 2.46. The molecule has 1 heterocycles. The molecule has 0 aliphatic heterocycles. The Labute approximate surface area is 126 Å². The molecule has 1 aromatic carbocycles. The van der Waals surface area contributed by atoms with Gasteiger partial charge in [-0.2, -0.15) is 31.1 Å². The molecule has 1 aliphatic carbocycles. The number of nitrogens with zero attached hydrogens (tertiary/aromatic N) is 2. The van der Waals surface area contributed by atoms with E-state index >= 15 is 0 Å². The van der Waals surface area contributed by atoms with E-state index in [1.54, 1.807) is 0 Å². The minimum absolute atomic E-state index is 0.0483. The van der Waals surface area contributed by atoms with E-state index < -0.39 is 57.7 Å². The molecule has 0 atom stereocenters. The Morgan fingerprint density at radius 2 is 1.42 bits per heavy atom. The van der Waals surface area contributed by atoms with Gasteiger partial charge in [0.1, 0.15) is 11.4 Å². The summed E-state index contributed by atoms with van der Waals surface area (Å²) in [6.45, 7) is 0. The molecule has 0 amide bonds. The summed E-state index contributed by atoms with van der Waals surface area (Å²) in [6, 6.07) is 0. The highest BCUT2D eigenvalue weighted by Crippen LogP contribution is 2.65. The van der Waals surface area contributed by atoms with Crippen LogP contribution in [0.2, 0.25) is 0 Å². The molecule has 0 bridgehead atoms. The van der Waals surface area contributed by atoms with E-state index in [2.05, 4.69) is 4.98 Å².